The molecular weight excluding hydrogens is 763 g/mol. The topological polar surface area (TPSA) is 163 Å². The van der Waals surface area contributed by atoms with Crippen molar-refractivity contribution in [2.75, 3.05) is 11.9 Å². The largest absolute Gasteiger partial charge is 0.573 e. The van der Waals surface area contributed by atoms with Crippen LogP contribution in [0.2, 0.25) is 0 Å². The summed E-state index contributed by atoms with van der Waals surface area (Å²) in [5.41, 5.74) is -0.320. The maximum absolute atomic E-state index is 14.5. The first-order valence-corrected chi connectivity index (χ1v) is 20.2. The SMILES string of the molecule is CC1(S(=O)(=O)NC(=O)[C@@]23C[C@H]2C=CCCCCC[C@H](Nc2ccc(OC(F)(F)F)cc2)C(=O)N2C[C@H](OC(=O)N4Cc5cccc(F)c5C4)C[C@H]2C(=O)N3)CC1. The van der Waals surface area contributed by atoms with Gasteiger partial charge >= 0.3 is 12.5 Å². The number of anilines is 1. The standard InChI is InChI=1S/C38H43F4N5O8S/c1-36(16-17-36)56(52,53)45-34(50)37-19-24(37)9-5-3-2-4-6-11-30(43-25-12-14-26(15-13-25)55-38(40,41)42)33(49)47-21-27(18-31(47)32(48)44-37)54-35(51)46-20-23-8-7-10-29(39)28(23)22-46/h5,7-10,12-15,24,27,30-31,43H,2-4,6,11,16-22H2,1H3,(H,44,48)(H,45,50)/t24-,27-,30+,31+,37-/m1/s1. The Kier molecular flexibility index (Phi) is 10.5. The van der Waals surface area contributed by atoms with Crippen LogP contribution in [0.25, 0.3) is 0 Å². The quantitative estimate of drug-likeness (QED) is 0.258. The number of hydrogen-bond donors (Lipinski definition) is 3. The van der Waals surface area contributed by atoms with E-state index >= 15 is 0 Å². The van der Waals surface area contributed by atoms with Crippen molar-refractivity contribution in [1.29, 1.82) is 0 Å². The van der Waals surface area contributed by atoms with Crippen molar-refractivity contribution < 1.29 is 54.6 Å². The molecule has 3 heterocycles. The minimum absolute atomic E-state index is 0.0343. The molecule has 302 valence electrons. The van der Waals surface area contributed by atoms with Crippen LogP contribution in [-0.4, -0.2) is 83.4 Å². The molecule has 0 radical (unpaired) electrons. The summed E-state index contributed by atoms with van der Waals surface area (Å²) in [7, 11) is -4.05. The Morgan fingerprint density at radius 2 is 1.77 bits per heavy atom. The van der Waals surface area contributed by atoms with Gasteiger partial charge in [0.1, 0.15) is 35.3 Å². The highest BCUT2D eigenvalue weighted by atomic mass is 32.2. The van der Waals surface area contributed by atoms with Crippen LogP contribution in [0.3, 0.4) is 0 Å². The number of benzene rings is 2. The predicted octanol–water partition coefficient (Wildman–Crippen LogP) is 5.02. The van der Waals surface area contributed by atoms with E-state index in [2.05, 4.69) is 20.1 Å². The smallest absolute Gasteiger partial charge is 0.444 e. The molecule has 13 nitrogen and oxygen atoms in total. The summed E-state index contributed by atoms with van der Waals surface area (Å²) in [6, 6.07) is 7.16. The van der Waals surface area contributed by atoms with Gasteiger partial charge in [0.05, 0.1) is 17.8 Å². The monoisotopic (exact) mass is 805 g/mol. The summed E-state index contributed by atoms with van der Waals surface area (Å²) < 4.78 is 89.9. The predicted molar refractivity (Wildman–Crippen MR) is 192 cm³/mol. The van der Waals surface area contributed by atoms with E-state index in [1.165, 1.54) is 34.9 Å². The zero-order valence-electron chi connectivity index (χ0n) is 30.6. The Labute approximate surface area is 321 Å². The average Bonchev–Trinajstić information content (AvgIpc) is 3.92. The molecule has 2 aromatic carbocycles. The van der Waals surface area contributed by atoms with Crippen LogP contribution < -0.4 is 20.1 Å². The Hall–Kier alpha value is -4.87. The molecule has 0 aromatic heterocycles. The molecule has 2 saturated carbocycles. The number of nitrogens with one attached hydrogen (secondary N) is 3. The lowest BCUT2D eigenvalue weighted by molar-refractivity contribution is -0.274. The number of sulfonamides is 1. The lowest BCUT2D eigenvalue weighted by atomic mass is 10.0. The second-order valence-corrected chi connectivity index (χ2v) is 17.7. The van der Waals surface area contributed by atoms with Crippen molar-refractivity contribution in [1.82, 2.24) is 19.8 Å². The summed E-state index contributed by atoms with van der Waals surface area (Å²) in [4.78, 5) is 58.6. The van der Waals surface area contributed by atoms with Crippen LogP contribution in [0, 0.1) is 11.7 Å². The molecule has 56 heavy (non-hydrogen) atoms. The molecule has 0 unspecified atom stereocenters. The van der Waals surface area contributed by atoms with E-state index in [1.807, 2.05) is 6.08 Å². The van der Waals surface area contributed by atoms with Crippen LogP contribution >= 0.6 is 0 Å². The fourth-order valence-electron chi connectivity index (χ4n) is 7.63. The molecule has 2 aromatic rings. The van der Waals surface area contributed by atoms with Crippen molar-refractivity contribution in [3.05, 3.63) is 71.6 Å². The van der Waals surface area contributed by atoms with Gasteiger partial charge < -0.3 is 25.0 Å². The third-order valence-electron chi connectivity index (χ3n) is 11.4. The lowest BCUT2D eigenvalue weighted by Crippen LogP contribution is -2.58. The number of nitrogens with zero attached hydrogens (tertiary/aromatic N) is 2. The maximum atomic E-state index is 14.5. The fraction of sp³-hybridized carbons (Fsp3) is 0.526. The number of hydrogen-bond acceptors (Lipinski definition) is 9. The van der Waals surface area contributed by atoms with E-state index in [1.54, 1.807) is 18.2 Å². The third kappa shape index (κ3) is 8.30. The number of carbonyl (C=O) groups is 4. The van der Waals surface area contributed by atoms with Gasteiger partial charge in [0, 0.05) is 30.1 Å². The van der Waals surface area contributed by atoms with Gasteiger partial charge in [0.25, 0.3) is 5.91 Å². The van der Waals surface area contributed by atoms with Crippen molar-refractivity contribution in [3.63, 3.8) is 0 Å². The van der Waals surface area contributed by atoms with E-state index in [-0.39, 0.29) is 38.9 Å². The van der Waals surface area contributed by atoms with E-state index in [9.17, 15) is 45.2 Å². The molecule has 3 fully saturated rings. The summed E-state index contributed by atoms with van der Waals surface area (Å²) >= 11 is 0. The fourth-order valence-corrected chi connectivity index (χ4v) is 8.94. The average molecular weight is 806 g/mol. The minimum atomic E-state index is -4.90. The van der Waals surface area contributed by atoms with Crippen LogP contribution in [-0.2, 0) is 42.2 Å². The van der Waals surface area contributed by atoms with Gasteiger partial charge in [-0.2, -0.15) is 0 Å². The number of alkyl halides is 3. The summed E-state index contributed by atoms with van der Waals surface area (Å²) in [6.07, 6.45) is 0.622. The highest BCUT2D eigenvalue weighted by molar-refractivity contribution is 7.91. The van der Waals surface area contributed by atoms with E-state index in [0.29, 0.717) is 48.9 Å². The normalized spacial score (nSPS) is 27.4. The van der Waals surface area contributed by atoms with Gasteiger partial charge in [-0.05, 0) is 81.3 Å². The molecule has 0 spiro atoms. The molecular formula is C38H43F4N5O8S. The number of ether oxygens (including phenoxy) is 2. The maximum Gasteiger partial charge on any atom is 0.573 e. The molecule has 0 bridgehead atoms. The molecule has 3 aliphatic heterocycles. The molecule has 5 atom stereocenters. The summed E-state index contributed by atoms with van der Waals surface area (Å²) in [5.74, 6) is -3.62. The second kappa shape index (κ2) is 14.9. The molecule has 3 N–H and O–H groups in total. The molecule has 18 heteroatoms. The molecule has 2 aliphatic carbocycles. The Morgan fingerprint density at radius 1 is 1.02 bits per heavy atom. The van der Waals surface area contributed by atoms with Gasteiger partial charge in [0.2, 0.25) is 21.8 Å². The lowest BCUT2D eigenvalue weighted by Gasteiger charge is -2.30. The van der Waals surface area contributed by atoms with Crippen LogP contribution in [0.5, 0.6) is 5.75 Å². The first-order valence-electron chi connectivity index (χ1n) is 18.7. The zero-order chi connectivity index (χ0) is 40.0. The summed E-state index contributed by atoms with van der Waals surface area (Å²) in [5, 5.41) is 5.87. The van der Waals surface area contributed by atoms with Gasteiger partial charge in [-0.3, -0.25) is 24.0 Å². The summed E-state index contributed by atoms with van der Waals surface area (Å²) in [6.45, 7) is 1.38. The van der Waals surface area contributed by atoms with E-state index in [0.717, 1.165) is 18.6 Å². The molecule has 5 aliphatic rings. The van der Waals surface area contributed by atoms with Crippen LogP contribution in [0.4, 0.5) is 28.0 Å². The molecule has 1 saturated heterocycles. The van der Waals surface area contributed by atoms with Gasteiger partial charge in [0.15, 0.2) is 0 Å². The van der Waals surface area contributed by atoms with E-state index in [4.69, 9.17) is 4.74 Å². The number of fused-ring (bicyclic) bond motifs is 3. The Morgan fingerprint density at radius 3 is 2.46 bits per heavy atom. The highest BCUT2D eigenvalue weighted by Crippen LogP contribution is 2.47. The molecule has 4 amide bonds. The number of carbonyl (C=O) groups excluding carboxylic acids is 4. The number of halogens is 4. The minimum Gasteiger partial charge on any atom is -0.444 e. The van der Waals surface area contributed by atoms with Gasteiger partial charge in [-0.15, -0.1) is 13.2 Å². The third-order valence-corrected chi connectivity index (χ3v) is 13.5. The van der Waals surface area contributed by atoms with Crippen LogP contribution in [0.15, 0.2) is 54.6 Å². The zero-order valence-corrected chi connectivity index (χ0v) is 31.4. The van der Waals surface area contributed by atoms with E-state index < -0.39 is 86.2 Å². The molecule has 7 rings (SSSR count). The first kappa shape index (κ1) is 39.4. The number of amides is 4. The number of rotatable bonds is 7. The first-order chi connectivity index (χ1) is 26.5. The number of allylic oxidation sites excluding steroid dienone is 1. The van der Waals surface area contributed by atoms with Crippen molar-refractivity contribution in [2.24, 2.45) is 5.92 Å². The van der Waals surface area contributed by atoms with Gasteiger partial charge in [-0.1, -0.05) is 37.1 Å². The van der Waals surface area contributed by atoms with Crippen LogP contribution in [0.1, 0.15) is 75.8 Å². The van der Waals surface area contributed by atoms with Crippen molar-refractivity contribution in [3.8, 4) is 5.75 Å². The second-order valence-electron chi connectivity index (χ2n) is 15.5. The van der Waals surface area contributed by atoms with Crippen molar-refractivity contribution in [2.45, 2.75) is 113 Å². The Balaban J connectivity index is 1.14. The Bertz CT molecular complexity index is 2030. The van der Waals surface area contributed by atoms with Gasteiger partial charge in [-0.25, -0.2) is 17.6 Å². The van der Waals surface area contributed by atoms with Crippen molar-refractivity contribution >= 4 is 39.5 Å². The highest BCUT2D eigenvalue weighted by Gasteiger charge is 2.63.